The molecular weight excluding hydrogens is 512 g/mol. The summed E-state index contributed by atoms with van der Waals surface area (Å²) in [6.45, 7) is 1.65. The minimum absolute atomic E-state index is 0.229. The van der Waals surface area contributed by atoms with Crippen LogP contribution in [0.25, 0.3) is 6.08 Å². The van der Waals surface area contributed by atoms with Crippen LogP contribution in [-0.2, 0) is 9.59 Å². The zero-order valence-electron chi connectivity index (χ0n) is 15.9. The van der Waals surface area contributed by atoms with Gasteiger partial charge in [0.1, 0.15) is 4.32 Å². The average molecular weight is 528 g/mol. The summed E-state index contributed by atoms with van der Waals surface area (Å²) >= 11 is 15.7. The molecule has 30 heavy (non-hydrogen) atoms. The maximum Gasteiger partial charge on any atom is 0.263 e. The highest BCUT2D eigenvalue weighted by Gasteiger charge is 2.22. The molecule has 6 nitrogen and oxygen atoms in total. The van der Waals surface area contributed by atoms with Crippen molar-refractivity contribution < 1.29 is 19.1 Å². The second kappa shape index (κ2) is 9.82. The third-order valence-electron chi connectivity index (χ3n) is 3.99. The van der Waals surface area contributed by atoms with Crippen LogP contribution in [0.1, 0.15) is 11.1 Å². The van der Waals surface area contributed by atoms with Gasteiger partial charge < -0.3 is 20.1 Å². The first-order valence-electron chi connectivity index (χ1n) is 8.58. The molecule has 10 heteroatoms. The van der Waals surface area contributed by atoms with Crippen molar-refractivity contribution in [3.63, 3.8) is 0 Å². The number of hydrogen-bond acceptors (Lipinski definition) is 6. The van der Waals surface area contributed by atoms with Gasteiger partial charge in [-0.25, -0.2) is 0 Å². The number of rotatable bonds is 6. The van der Waals surface area contributed by atoms with Crippen molar-refractivity contribution in [3.05, 3.63) is 55.9 Å². The zero-order chi connectivity index (χ0) is 21.8. The van der Waals surface area contributed by atoms with Crippen molar-refractivity contribution in [3.8, 4) is 11.5 Å². The molecule has 0 bridgehead atoms. The Balaban J connectivity index is 1.72. The predicted molar refractivity (Wildman–Crippen MR) is 127 cm³/mol. The van der Waals surface area contributed by atoms with Crippen LogP contribution < -0.4 is 20.1 Å². The summed E-state index contributed by atoms with van der Waals surface area (Å²) in [4.78, 5) is 24.6. The number of amides is 2. The van der Waals surface area contributed by atoms with Gasteiger partial charge >= 0.3 is 0 Å². The van der Waals surface area contributed by atoms with Gasteiger partial charge in [-0.2, -0.15) is 0 Å². The second-order valence-corrected chi connectivity index (χ2v) is 9.17. The number of carbonyl (C=O) groups excluding carboxylic acids is 2. The standard InChI is InChI=1S/C20H16BrClN2O4S2/c1-10-3-4-12(8-14(10)22)23-17(25)9-28-18-13(21)5-11(6-15(18)27-2)7-16-19(26)24-20(29)30-16/h3-8H,9H2,1-2H3,(H,23,25)(H,24,26,29)/b16-7-. The number of ether oxygens (including phenoxy) is 2. The molecule has 2 N–H and O–H groups in total. The van der Waals surface area contributed by atoms with Gasteiger partial charge in [0.15, 0.2) is 18.1 Å². The topological polar surface area (TPSA) is 76.7 Å². The van der Waals surface area contributed by atoms with E-state index >= 15 is 0 Å². The van der Waals surface area contributed by atoms with E-state index in [2.05, 4.69) is 26.6 Å². The van der Waals surface area contributed by atoms with E-state index in [1.54, 1.807) is 30.3 Å². The lowest BCUT2D eigenvalue weighted by molar-refractivity contribution is -0.118. The summed E-state index contributed by atoms with van der Waals surface area (Å²) in [6.07, 6.45) is 1.70. The van der Waals surface area contributed by atoms with Gasteiger partial charge in [-0.1, -0.05) is 41.6 Å². The average Bonchev–Trinajstić information content (AvgIpc) is 3.00. The van der Waals surface area contributed by atoms with E-state index in [4.69, 9.17) is 33.3 Å². The Kier molecular flexibility index (Phi) is 7.41. The van der Waals surface area contributed by atoms with E-state index in [1.165, 1.54) is 18.9 Å². The molecule has 0 aliphatic carbocycles. The van der Waals surface area contributed by atoms with E-state index in [1.807, 2.05) is 13.0 Å². The molecule has 156 valence electrons. The molecule has 0 saturated carbocycles. The molecule has 0 spiro atoms. The number of carbonyl (C=O) groups is 2. The second-order valence-electron chi connectivity index (χ2n) is 6.19. The van der Waals surface area contributed by atoms with Gasteiger partial charge in [0, 0.05) is 10.7 Å². The monoisotopic (exact) mass is 526 g/mol. The highest BCUT2D eigenvalue weighted by molar-refractivity contribution is 9.10. The Bertz CT molecular complexity index is 1080. The lowest BCUT2D eigenvalue weighted by Gasteiger charge is -2.14. The molecule has 2 aromatic carbocycles. The molecule has 1 fully saturated rings. The third-order valence-corrected chi connectivity index (χ3v) is 6.15. The van der Waals surface area contributed by atoms with Gasteiger partial charge in [0.2, 0.25) is 0 Å². The molecule has 1 heterocycles. The van der Waals surface area contributed by atoms with E-state index in [0.29, 0.717) is 41.5 Å². The summed E-state index contributed by atoms with van der Waals surface area (Å²) < 4.78 is 12.0. The summed E-state index contributed by atoms with van der Waals surface area (Å²) in [7, 11) is 1.49. The van der Waals surface area contributed by atoms with E-state index in [9.17, 15) is 9.59 Å². The van der Waals surface area contributed by atoms with Gasteiger partial charge in [-0.3, -0.25) is 9.59 Å². The number of anilines is 1. The molecule has 0 atom stereocenters. The Morgan fingerprint density at radius 3 is 2.77 bits per heavy atom. The number of hydrogen-bond donors (Lipinski definition) is 2. The van der Waals surface area contributed by atoms with Crippen molar-refractivity contribution in [2.75, 3.05) is 19.0 Å². The highest BCUT2D eigenvalue weighted by atomic mass is 79.9. The van der Waals surface area contributed by atoms with E-state index in [-0.39, 0.29) is 18.4 Å². The molecule has 3 rings (SSSR count). The van der Waals surface area contributed by atoms with Gasteiger partial charge in [0.25, 0.3) is 11.8 Å². The van der Waals surface area contributed by atoms with Crippen LogP contribution in [-0.4, -0.2) is 29.9 Å². The fourth-order valence-electron chi connectivity index (χ4n) is 2.54. The summed E-state index contributed by atoms with van der Waals surface area (Å²) in [6, 6.07) is 8.73. The molecule has 0 aromatic heterocycles. The van der Waals surface area contributed by atoms with Crippen LogP contribution in [0.3, 0.4) is 0 Å². The third kappa shape index (κ3) is 5.54. The minimum Gasteiger partial charge on any atom is -0.493 e. The first-order chi connectivity index (χ1) is 14.3. The number of aryl methyl sites for hydroxylation is 1. The number of thioether (sulfide) groups is 1. The summed E-state index contributed by atoms with van der Waals surface area (Å²) in [5.74, 6) is 0.195. The molecule has 0 unspecified atom stereocenters. The number of thiocarbonyl (C=S) groups is 1. The molecule has 2 amide bonds. The Morgan fingerprint density at radius 1 is 1.37 bits per heavy atom. The molecule has 1 saturated heterocycles. The van der Waals surface area contributed by atoms with Crippen molar-refractivity contribution in [2.45, 2.75) is 6.92 Å². The predicted octanol–water partition coefficient (Wildman–Crippen LogP) is 4.93. The number of benzene rings is 2. The Morgan fingerprint density at radius 2 is 2.13 bits per heavy atom. The maximum atomic E-state index is 12.3. The summed E-state index contributed by atoms with van der Waals surface area (Å²) in [5, 5.41) is 5.87. The minimum atomic E-state index is -0.345. The van der Waals surface area contributed by atoms with E-state index in [0.717, 1.165) is 5.56 Å². The van der Waals surface area contributed by atoms with Crippen LogP contribution in [0, 0.1) is 6.92 Å². The van der Waals surface area contributed by atoms with Crippen LogP contribution >= 0.6 is 51.5 Å². The number of halogens is 2. The van der Waals surface area contributed by atoms with E-state index < -0.39 is 0 Å². The molecule has 0 radical (unpaired) electrons. The number of nitrogens with one attached hydrogen (secondary N) is 2. The highest BCUT2D eigenvalue weighted by Crippen LogP contribution is 2.38. The Labute approximate surface area is 196 Å². The van der Waals surface area contributed by atoms with Gasteiger partial charge in [-0.05, 0) is 64.3 Å². The quantitative estimate of drug-likeness (QED) is 0.410. The zero-order valence-corrected chi connectivity index (χ0v) is 19.9. The van der Waals surface area contributed by atoms with Crippen molar-refractivity contribution >= 4 is 79.4 Å². The summed E-state index contributed by atoms with van der Waals surface area (Å²) in [5.41, 5.74) is 2.22. The first kappa shape index (κ1) is 22.6. The van der Waals surface area contributed by atoms with Gasteiger partial charge in [-0.15, -0.1) is 0 Å². The fraction of sp³-hybridized carbons (Fsp3) is 0.150. The first-order valence-corrected chi connectivity index (χ1v) is 11.0. The molecule has 1 aliphatic rings. The largest absolute Gasteiger partial charge is 0.493 e. The smallest absolute Gasteiger partial charge is 0.263 e. The SMILES string of the molecule is COc1cc(/C=C2\SC(=S)NC2=O)cc(Br)c1OCC(=O)Nc1ccc(C)c(Cl)c1. The normalized spacial score (nSPS) is 14.6. The van der Waals surface area contributed by atoms with Crippen molar-refractivity contribution in [2.24, 2.45) is 0 Å². The number of methoxy groups -OCH3 is 1. The lowest BCUT2D eigenvalue weighted by atomic mass is 10.2. The maximum absolute atomic E-state index is 12.3. The van der Waals surface area contributed by atoms with Crippen molar-refractivity contribution in [1.82, 2.24) is 5.32 Å². The fourth-order valence-corrected chi connectivity index (χ4v) is 4.34. The lowest BCUT2D eigenvalue weighted by Crippen LogP contribution is -2.20. The van der Waals surface area contributed by atoms with Crippen LogP contribution in [0.5, 0.6) is 11.5 Å². The molecule has 2 aromatic rings. The molecular formula is C20H16BrClN2O4S2. The van der Waals surface area contributed by atoms with Crippen LogP contribution in [0.4, 0.5) is 5.69 Å². The van der Waals surface area contributed by atoms with Gasteiger partial charge in [0.05, 0.1) is 16.5 Å². The van der Waals surface area contributed by atoms with Crippen LogP contribution in [0.15, 0.2) is 39.7 Å². The van der Waals surface area contributed by atoms with Crippen molar-refractivity contribution in [1.29, 1.82) is 0 Å². The van der Waals surface area contributed by atoms with Crippen LogP contribution in [0.2, 0.25) is 5.02 Å². The Hall–Kier alpha value is -2.07. The molecule has 1 aliphatic heterocycles.